The van der Waals surface area contributed by atoms with Crippen LogP contribution in [0.25, 0.3) is 11.4 Å². The highest BCUT2D eigenvalue weighted by Gasteiger charge is 2.18. The summed E-state index contributed by atoms with van der Waals surface area (Å²) in [5, 5.41) is 9.06. The monoisotopic (exact) mass is 448 g/mol. The van der Waals surface area contributed by atoms with Crippen LogP contribution in [0.15, 0.2) is 46.0 Å². The van der Waals surface area contributed by atoms with Gasteiger partial charge in [-0.1, -0.05) is 39.8 Å². The number of fused-ring (bicyclic) bond motifs is 1. The molecule has 140 valence electrons. The molecular formula is C18H17BrN4O3S. The van der Waals surface area contributed by atoms with E-state index in [1.165, 1.54) is 16.4 Å². The fraction of sp³-hybridized carbons (Fsp3) is 0.222. The Balaban J connectivity index is 1.56. The van der Waals surface area contributed by atoms with Crippen molar-refractivity contribution in [3.05, 3.63) is 46.4 Å². The van der Waals surface area contributed by atoms with Gasteiger partial charge in [-0.25, -0.2) is 4.68 Å². The van der Waals surface area contributed by atoms with E-state index in [-0.39, 0.29) is 0 Å². The maximum atomic E-state index is 6.23. The van der Waals surface area contributed by atoms with Crippen molar-refractivity contribution in [2.75, 3.05) is 26.2 Å². The average molecular weight is 449 g/mol. The first kappa shape index (κ1) is 18.0. The summed E-state index contributed by atoms with van der Waals surface area (Å²) < 4.78 is 19.1. The highest BCUT2D eigenvalue weighted by molar-refractivity contribution is 9.10. The molecule has 0 fully saturated rings. The lowest BCUT2D eigenvalue weighted by molar-refractivity contribution is 0.171. The molecule has 1 aliphatic rings. The molecule has 0 bridgehead atoms. The van der Waals surface area contributed by atoms with Gasteiger partial charge in [0.2, 0.25) is 5.16 Å². The van der Waals surface area contributed by atoms with Gasteiger partial charge in [0.05, 0.1) is 12.7 Å². The smallest absolute Gasteiger partial charge is 0.210 e. The van der Waals surface area contributed by atoms with Gasteiger partial charge in [0.25, 0.3) is 0 Å². The van der Waals surface area contributed by atoms with Crippen molar-refractivity contribution >= 4 is 27.7 Å². The highest BCUT2D eigenvalue weighted by Crippen LogP contribution is 2.38. The van der Waals surface area contributed by atoms with Crippen molar-refractivity contribution in [1.82, 2.24) is 14.9 Å². The SMILES string of the molecule is COc1ccccc1-c1nnc(SCc2cc3c(cc2Br)OCCO3)n1N. The van der Waals surface area contributed by atoms with Crippen LogP contribution in [0, 0.1) is 0 Å². The molecule has 2 N–H and O–H groups in total. The second-order valence-corrected chi connectivity index (χ2v) is 7.55. The maximum absolute atomic E-state index is 6.23. The molecular weight excluding hydrogens is 432 g/mol. The van der Waals surface area contributed by atoms with E-state index in [1.807, 2.05) is 36.4 Å². The molecule has 0 aliphatic carbocycles. The molecule has 0 spiro atoms. The number of thioether (sulfide) groups is 1. The van der Waals surface area contributed by atoms with Gasteiger partial charge in [0.15, 0.2) is 17.3 Å². The van der Waals surface area contributed by atoms with Gasteiger partial charge < -0.3 is 20.1 Å². The van der Waals surface area contributed by atoms with Crippen LogP contribution in [0.4, 0.5) is 0 Å². The molecule has 0 saturated heterocycles. The molecule has 1 aromatic heterocycles. The fourth-order valence-electron chi connectivity index (χ4n) is 2.75. The van der Waals surface area contributed by atoms with Crippen molar-refractivity contribution in [3.8, 4) is 28.6 Å². The Labute approximate surface area is 168 Å². The molecule has 7 nitrogen and oxygen atoms in total. The summed E-state index contributed by atoms with van der Waals surface area (Å²) in [5.41, 5.74) is 1.86. The molecule has 1 aliphatic heterocycles. The summed E-state index contributed by atoms with van der Waals surface area (Å²) in [6.07, 6.45) is 0. The van der Waals surface area contributed by atoms with E-state index >= 15 is 0 Å². The minimum atomic E-state index is 0.552. The van der Waals surface area contributed by atoms with Gasteiger partial charge in [-0.2, -0.15) is 0 Å². The van der Waals surface area contributed by atoms with Crippen LogP contribution in [-0.2, 0) is 5.75 Å². The highest BCUT2D eigenvalue weighted by atomic mass is 79.9. The molecule has 2 aromatic carbocycles. The zero-order chi connectivity index (χ0) is 18.8. The molecule has 9 heteroatoms. The van der Waals surface area contributed by atoms with Crippen molar-refractivity contribution in [2.24, 2.45) is 0 Å². The summed E-state index contributed by atoms with van der Waals surface area (Å²) in [7, 11) is 1.62. The minimum absolute atomic E-state index is 0.552. The largest absolute Gasteiger partial charge is 0.496 e. The first-order valence-corrected chi connectivity index (χ1v) is 10.00. The van der Waals surface area contributed by atoms with E-state index in [9.17, 15) is 0 Å². The number of nitrogen functional groups attached to an aromatic ring is 1. The summed E-state index contributed by atoms with van der Waals surface area (Å²) >= 11 is 5.08. The van der Waals surface area contributed by atoms with Crippen molar-refractivity contribution in [2.45, 2.75) is 10.9 Å². The minimum Gasteiger partial charge on any atom is -0.496 e. The Morgan fingerprint density at radius 2 is 1.93 bits per heavy atom. The van der Waals surface area contributed by atoms with Gasteiger partial charge in [0.1, 0.15) is 19.0 Å². The lowest BCUT2D eigenvalue weighted by Crippen LogP contribution is -2.15. The first-order valence-electron chi connectivity index (χ1n) is 8.22. The predicted molar refractivity (Wildman–Crippen MR) is 107 cm³/mol. The third-order valence-electron chi connectivity index (χ3n) is 4.08. The Morgan fingerprint density at radius 1 is 1.19 bits per heavy atom. The van der Waals surface area contributed by atoms with E-state index in [4.69, 9.17) is 20.1 Å². The number of nitrogens with two attached hydrogens (primary N) is 1. The quantitative estimate of drug-likeness (QED) is 0.472. The second-order valence-electron chi connectivity index (χ2n) is 5.75. The van der Waals surface area contributed by atoms with Crippen LogP contribution in [0.1, 0.15) is 5.56 Å². The maximum Gasteiger partial charge on any atom is 0.210 e. The van der Waals surface area contributed by atoms with Gasteiger partial charge in [-0.05, 0) is 29.8 Å². The number of benzene rings is 2. The third kappa shape index (κ3) is 3.57. The Kier molecular flexibility index (Phi) is 5.13. The molecule has 3 aromatic rings. The summed E-state index contributed by atoms with van der Waals surface area (Å²) in [5.74, 6) is 9.64. The van der Waals surface area contributed by atoms with E-state index in [0.29, 0.717) is 35.7 Å². The number of nitrogens with zero attached hydrogens (tertiary/aromatic N) is 3. The van der Waals surface area contributed by atoms with E-state index in [0.717, 1.165) is 27.1 Å². The van der Waals surface area contributed by atoms with Crippen LogP contribution >= 0.6 is 27.7 Å². The Morgan fingerprint density at radius 3 is 2.70 bits per heavy atom. The molecule has 2 heterocycles. The second kappa shape index (κ2) is 7.69. The molecule has 0 amide bonds. The Hall–Kier alpha value is -2.39. The number of methoxy groups -OCH3 is 1. The molecule has 0 saturated carbocycles. The zero-order valence-electron chi connectivity index (χ0n) is 14.5. The fourth-order valence-corrected chi connectivity index (χ4v) is 4.24. The molecule has 0 atom stereocenters. The topological polar surface area (TPSA) is 84.4 Å². The number of rotatable bonds is 5. The summed E-state index contributed by atoms with van der Waals surface area (Å²) in [6, 6.07) is 11.5. The normalized spacial score (nSPS) is 12.8. The van der Waals surface area contributed by atoms with E-state index in [2.05, 4.69) is 26.1 Å². The van der Waals surface area contributed by atoms with E-state index < -0.39 is 0 Å². The van der Waals surface area contributed by atoms with Crippen LogP contribution in [-0.4, -0.2) is 35.2 Å². The molecule has 0 unspecified atom stereocenters. The van der Waals surface area contributed by atoms with Crippen LogP contribution < -0.4 is 20.1 Å². The van der Waals surface area contributed by atoms with Crippen molar-refractivity contribution in [3.63, 3.8) is 0 Å². The number of hydrogen-bond acceptors (Lipinski definition) is 7. The zero-order valence-corrected chi connectivity index (χ0v) is 16.9. The predicted octanol–water partition coefficient (Wildman–Crippen LogP) is 3.49. The summed E-state index contributed by atoms with van der Waals surface area (Å²) in [6.45, 7) is 1.12. The number of aromatic nitrogens is 3. The third-order valence-corrected chi connectivity index (χ3v) is 5.81. The lowest BCUT2D eigenvalue weighted by Gasteiger charge is -2.19. The standard InChI is InChI=1S/C18H17BrN4O3S/c1-24-14-5-3-2-4-12(14)17-21-22-18(23(17)20)27-10-11-8-15-16(9-13(11)19)26-7-6-25-15/h2-5,8-9H,6-7,10,20H2,1H3. The molecule has 0 radical (unpaired) electrons. The van der Waals surface area contributed by atoms with Crippen LogP contribution in [0.5, 0.6) is 17.2 Å². The van der Waals surface area contributed by atoms with Crippen LogP contribution in [0.3, 0.4) is 0 Å². The lowest BCUT2D eigenvalue weighted by atomic mass is 10.2. The molecule has 4 rings (SSSR count). The number of hydrogen-bond donors (Lipinski definition) is 1. The molecule has 27 heavy (non-hydrogen) atoms. The van der Waals surface area contributed by atoms with Crippen molar-refractivity contribution < 1.29 is 14.2 Å². The van der Waals surface area contributed by atoms with E-state index in [1.54, 1.807) is 7.11 Å². The van der Waals surface area contributed by atoms with Crippen LogP contribution in [0.2, 0.25) is 0 Å². The van der Waals surface area contributed by atoms with Gasteiger partial charge in [0, 0.05) is 10.2 Å². The van der Waals surface area contributed by atoms with Crippen molar-refractivity contribution in [1.29, 1.82) is 0 Å². The van der Waals surface area contributed by atoms with Gasteiger partial charge in [-0.15, -0.1) is 10.2 Å². The number of ether oxygens (including phenoxy) is 3. The number of halogens is 1. The summed E-state index contributed by atoms with van der Waals surface area (Å²) in [4.78, 5) is 0. The van der Waals surface area contributed by atoms with Gasteiger partial charge >= 0.3 is 0 Å². The van der Waals surface area contributed by atoms with Gasteiger partial charge in [-0.3, -0.25) is 0 Å². The average Bonchev–Trinajstić information content (AvgIpc) is 3.06. The Bertz CT molecular complexity index is 979. The number of para-hydroxylation sites is 1. The first-order chi connectivity index (χ1) is 13.2.